The van der Waals surface area contributed by atoms with E-state index >= 15 is 0 Å². The normalized spacial score (nSPS) is 11.1. The first-order chi connectivity index (χ1) is 15.6. The average molecular weight is 429 g/mol. The molecule has 7 nitrogen and oxygen atoms in total. The fourth-order valence-electron chi connectivity index (χ4n) is 3.47. The summed E-state index contributed by atoms with van der Waals surface area (Å²) < 4.78 is 0. The third-order valence-electron chi connectivity index (χ3n) is 4.93. The average Bonchev–Trinajstić information content (AvgIpc) is 2.81. The van der Waals surface area contributed by atoms with Crippen molar-refractivity contribution in [3.05, 3.63) is 81.6 Å². The van der Waals surface area contributed by atoms with Gasteiger partial charge >= 0.3 is 0 Å². The molecule has 1 aromatic heterocycles. The molecule has 164 valence electrons. The van der Waals surface area contributed by atoms with Crippen molar-refractivity contribution in [1.82, 2.24) is 14.9 Å². The number of nitrogens with zero attached hydrogens (tertiary/aromatic N) is 4. The third kappa shape index (κ3) is 6.13. The van der Waals surface area contributed by atoms with Crippen LogP contribution in [-0.4, -0.2) is 34.2 Å². The molecule has 0 atom stereocenters. The highest BCUT2D eigenvalue weighted by atomic mass is 16.1. The predicted octanol–water partition coefficient (Wildman–Crippen LogP) is 4.38. The van der Waals surface area contributed by atoms with Crippen LogP contribution in [0.3, 0.4) is 0 Å². The molecular weight excluding hydrogens is 400 g/mol. The van der Waals surface area contributed by atoms with E-state index in [2.05, 4.69) is 51.4 Å². The first-order valence-electron chi connectivity index (χ1n) is 10.8. The number of nitriles is 1. The van der Waals surface area contributed by atoms with Crippen LogP contribution in [0.25, 0.3) is 11.3 Å². The maximum absolute atomic E-state index is 12.3. The number of H-pyrrole nitrogens is 1. The van der Waals surface area contributed by atoms with Crippen LogP contribution >= 0.6 is 0 Å². The summed E-state index contributed by atoms with van der Waals surface area (Å²) in [6, 6.07) is 19.3. The van der Waals surface area contributed by atoms with E-state index in [0.29, 0.717) is 11.3 Å². The zero-order valence-corrected chi connectivity index (χ0v) is 18.5. The molecule has 3 aromatic rings. The molecule has 0 aliphatic heterocycles. The third-order valence-corrected chi connectivity index (χ3v) is 4.93. The Balaban J connectivity index is 1.70. The molecule has 2 N–H and O–H groups in total. The van der Waals surface area contributed by atoms with Gasteiger partial charge in [0.25, 0.3) is 5.56 Å². The molecule has 32 heavy (non-hydrogen) atoms. The van der Waals surface area contributed by atoms with Crippen LogP contribution < -0.4 is 11.0 Å². The highest BCUT2D eigenvalue weighted by Gasteiger charge is 2.12. The van der Waals surface area contributed by atoms with Crippen LogP contribution in [0, 0.1) is 11.3 Å². The summed E-state index contributed by atoms with van der Waals surface area (Å²) in [6.45, 7) is 7.54. The zero-order valence-electron chi connectivity index (χ0n) is 18.5. The lowest BCUT2D eigenvalue weighted by Gasteiger charge is -2.20. The molecule has 0 amide bonds. The number of nitrogens with one attached hydrogen (secondary N) is 2. The molecule has 0 radical (unpaired) electrons. The summed E-state index contributed by atoms with van der Waals surface area (Å²) in [4.78, 5) is 21.7. The van der Waals surface area contributed by atoms with Gasteiger partial charge in [-0.05, 0) is 37.1 Å². The summed E-state index contributed by atoms with van der Waals surface area (Å²) in [5.74, 6) is 0.176. The van der Waals surface area contributed by atoms with Crippen molar-refractivity contribution < 1.29 is 0 Å². The van der Waals surface area contributed by atoms with Crippen LogP contribution in [0.2, 0.25) is 0 Å². The van der Waals surface area contributed by atoms with E-state index in [1.54, 1.807) is 18.3 Å². The number of aromatic nitrogens is 2. The Hall–Kier alpha value is -3.76. The topological polar surface area (TPSA) is 97.2 Å². The SMILES string of the molecule is CCCN(CCC)Cc1ccc(C=NNc2nc(-c3ccccc3)c(C#N)c(=O)[nH]2)cc1. The zero-order chi connectivity index (χ0) is 22.8. The second kappa shape index (κ2) is 11.6. The Morgan fingerprint density at radius 2 is 1.78 bits per heavy atom. The number of aromatic amines is 1. The lowest BCUT2D eigenvalue weighted by Crippen LogP contribution is -2.24. The highest BCUT2D eigenvalue weighted by Crippen LogP contribution is 2.19. The first-order valence-corrected chi connectivity index (χ1v) is 10.8. The van der Waals surface area contributed by atoms with Gasteiger partial charge in [0, 0.05) is 12.1 Å². The molecule has 2 aromatic carbocycles. The Labute approximate surface area is 188 Å². The lowest BCUT2D eigenvalue weighted by atomic mass is 10.1. The van der Waals surface area contributed by atoms with Crippen molar-refractivity contribution in [3.8, 4) is 17.3 Å². The predicted molar refractivity (Wildman–Crippen MR) is 129 cm³/mol. The maximum Gasteiger partial charge on any atom is 0.270 e. The number of hydrazone groups is 1. The van der Waals surface area contributed by atoms with Gasteiger partial charge in [0.05, 0.1) is 11.9 Å². The Bertz CT molecular complexity index is 1120. The smallest absolute Gasteiger partial charge is 0.270 e. The van der Waals surface area contributed by atoms with E-state index in [1.165, 1.54) is 5.56 Å². The number of anilines is 1. The van der Waals surface area contributed by atoms with E-state index in [0.717, 1.165) is 38.0 Å². The minimum absolute atomic E-state index is 0.0264. The van der Waals surface area contributed by atoms with E-state index < -0.39 is 5.56 Å². The van der Waals surface area contributed by atoms with Crippen molar-refractivity contribution in [3.63, 3.8) is 0 Å². The molecule has 0 aliphatic carbocycles. The fraction of sp³-hybridized carbons (Fsp3) is 0.280. The summed E-state index contributed by atoms with van der Waals surface area (Å²) in [7, 11) is 0. The quantitative estimate of drug-likeness (QED) is 0.369. The monoisotopic (exact) mass is 428 g/mol. The van der Waals surface area contributed by atoms with Gasteiger partial charge in [0.15, 0.2) is 0 Å². The summed E-state index contributed by atoms with van der Waals surface area (Å²) in [5, 5.41) is 13.5. The van der Waals surface area contributed by atoms with E-state index in [4.69, 9.17) is 0 Å². The molecule has 0 saturated heterocycles. The molecule has 0 bridgehead atoms. The largest absolute Gasteiger partial charge is 0.299 e. The van der Waals surface area contributed by atoms with Gasteiger partial charge in [0.1, 0.15) is 11.6 Å². The van der Waals surface area contributed by atoms with Crippen molar-refractivity contribution in [1.29, 1.82) is 5.26 Å². The summed E-state index contributed by atoms with van der Waals surface area (Å²) in [5.41, 5.74) is 5.44. The molecule has 0 unspecified atom stereocenters. The van der Waals surface area contributed by atoms with Gasteiger partial charge in [0.2, 0.25) is 5.95 Å². The molecule has 0 spiro atoms. The van der Waals surface area contributed by atoms with Crippen molar-refractivity contribution in [2.45, 2.75) is 33.2 Å². The van der Waals surface area contributed by atoms with Gasteiger partial charge in [-0.15, -0.1) is 0 Å². The summed E-state index contributed by atoms with van der Waals surface area (Å²) in [6.07, 6.45) is 3.96. The van der Waals surface area contributed by atoms with Crippen LogP contribution in [0.15, 0.2) is 64.5 Å². The number of benzene rings is 2. The lowest BCUT2D eigenvalue weighted by molar-refractivity contribution is 0.266. The minimum Gasteiger partial charge on any atom is -0.299 e. The molecule has 3 rings (SSSR count). The first kappa shape index (κ1) is 22.9. The second-order valence-corrected chi connectivity index (χ2v) is 7.50. The Kier molecular flexibility index (Phi) is 8.29. The van der Waals surface area contributed by atoms with Crippen molar-refractivity contribution in [2.75, 3.05) is 18.5 Å². The molecular formula is C25H28N6O. The fourth-order valence-corrected chi connectivity index (χ4v) is 3.47. The molecule has 0 aliphatic rings. The Morgan fingerprint density at radius 3 is 2.41 bits per heavy atom. The van der Waals surface area contributed by atoms with E-state index in [1.807, 2.05) is 36.4 Å². The van der Waals surface area contributed by atoms with Crippen molar-refractivity contribution in [2.24, 2.45) is 5.10 Å². The second-order valence-electron chi connectivity index (χ2n) is 7.50. The van der Waals surface area contributed by atoms with Gasteiger partial charge in [-0.25, -0.2) is 10.4 Å². The Morgan fingerprint density at radius 1 is 1.09 bits per heavy atom. The van der Waals surface area contributed by atoms with E-state index in [9.17, 15) is 10.1 Å². The molecule has 1 heterocycles. The van der Waals surface area contributed by atoms with Crippen LogP contribution in [0.5, 0.6) is 0 Å². The van der Waals surface area contributed by atoms with Crippen molar-refractivity contribution >= 4 is 12.2 Å². The minimum atomic E-state index is -0.507. The van der Waals surface area contributed by atoms with Gasteiger partial charge in [-0.3, -0.25) is 14.7 Å². The van der Waals surface area contributed by atoms with Crippen LogP contribution in [-0.2, 0) is 6.54 Å². The highest BCUT2D eigenvalue weighted by molar-refractivity contribution is 5.80. The molecule has 7 heteroatoms. The maximum atomic E-state index is 12.3. The molecule has 0 fully saturated rings. The molecule has 0 saturated carbocycles. The number of hydrogen-bond acceptors (Lipinski definition) is 6. The van der Waals surface area contributed by atoms with Gasteiger partial charge < -0.3 is 0 Å². The van der Waals surface area contributed by atoms with Crippen LogP contribution in [0.4, 0.5) is 5.95 Å². The summed E-state index contributed by atoms with van der Waals surface area (Å²) >= 11 is 0. The standard InChI is InChI=1S/C25H28N6O/c1-3-14-31(15-4-2)18-20-12-10-19(11-13-20)17-27-30-25-28-23(21-8-6-5-7-9-21)22(16-26)24(32)29-25/h5-13,17H,3-4,14-15,18H2,1-2H3,(H2,28,29,30,32). The van der Waals surface area contributed by atoms with Crippen LogP contribution in [0.1, 0.15) is 43.4 Å². The number of rotatable bonds is 10. The number of hydrogen-bond donors (Lipinski definition) is 2. The van der Waals surface area contributed by atoms with Gasteiger partial charge in [-0.2, -0.15) is 10.4 Å². The van der Waals surface area contributed by atoms with Gasteiger partial charge in [-0.1, -0.05) is 68.4 Å². The van der Waals surface area contributed by atoms with E-state index in [-0.39, 0.29) is 11.5 Å².